The topological polar surface area (TPSA) is 27.7 Å². The number of benzene rings is 1. The summed E-state index contributed by atoms with van der Waals surface area (Å²) in [5.74, 6) is -3.99. The molecule has 17 heavy (non-hydrogen) atoms. The molecule has 0 bridgehead atoms. The van der Waals surface area contributed by atoms with Gasteiger partial charge < -0.3 is 13.3 Å². The predicted octanol–water partition coefficient (Wildman–Crippen LogP) is 2.19. The maximum absolute atomic E-state index is 13.0. The third-order valence-electron chi connectivity index (χ3n) is 2.18. The highest BCUT2D eigenvalue weighted by Gasteiger charge is 2.20. The summed E-state index contributed by atoms with van der Waals surface area (Å²) < 4.78 is 53.8. The maximum Gasteiger partial charge on any atom is 0.484 e. The van der Waals surface area contributed by atoms with E-state index in [2.05, 4.69) is 0 Å². The lowest BCUT2D eigenvalue weighted by molar-refractivity contribution is 0.0947. The Bertz CT molecular complexity index is 362. The van der Waals surface area contributed by atoms with Crippen molar-refractivity contribution in [3.8, 4) is 0 Å². The summed E-state index contributed by atoms with van der Waals surface area (Å²) in [7, 11) is 0.529. The summed E-state index contributed by atoms with van der Waals surface area (Å²) in [6.07, 6.45) is -0.642. The molecule has 1 aromatic carbocycles. The Balaban J connectivity index is 2.85. The highest BCUT2D eigenvalue weighted by molar-refractivity contribution is 6.36. The van der Waals surface area contributed by atoms with Gasteiger partial charge in [0.05, 0.1) is 6.10 Å². The molecule has 0 radical (unpaired) electrons. The van der Waals surface area contributed by atoms with Gasteiger partial charge in [0, 0.05) is 14.2 Å². The van der Waals surface area contributed by atoms with Crippen LogP contribution in [0.2, 0.25) is 0 Å². The Morgan fingerprint density at radius 3 is 1.94 bits per heavy atom. The van der Waals surface area contributed by atoms with Crippen LogP contribution in [-0.4, -0.2) is 23.7 Å². The van der Waals surface area contributed by atoms with Crippen LogP contribution in [0.4, 0.5) is 13.2 Å². The van der Waals surface area contributed by atoms with Gasteiger partial charge in [0.25, 0.3) is 0 Å². The second kappa shape index (κ2) is 6.15. The maximum atomic E-state index is 13.0. The van der Waals surface area contributed by atoms with E-state index >= 15 is 0 Å². The molecule has 0 aromatic heterocycles. The van der Waals surface area contributed by atoms with E-state index in [9.17, 15) is 13.2 Å². The summed E-state index contributed by atoms with van der Waals surface area (Å²) >= 11 is 0. The Morgan fingerprint density at radius 2 is 1.53 bits per heavy atom. The standard InChI is InChI=1S/C10H13F3O3Si/c1-6(16-17(14-2)15-3)7-4-8(11)10(13)9(12)5-7/h4-6,17H,1-3H3. The molecule has 7 heteroatoms. The Morgan fingerprint density at radius 1 is 1.06 bits per heavy atom. The fourth-order valence-corrected chi connectivity index (χ4v) is 2.17. The molecule has 0 aliphatic rings. The second-order valence-corrected chi connectivity index (χ2v) is 5.13. The van der Waals surface area contributed by atoms with Gasteiger partial charge in [-0.05, 0) is 24.6 Å². The molecule has 1 atom stereocenters. The first kappa shape index (κ1) is 14.2. The fourth-order valence-electron chi connectivity index (χ4n) is 1.26. The van der Waals surface area contributed by atoms with E-state index in [-0.39, 0.29) is 5.56 Å². The van der Waals surface area contributed by atoms with Gasteiger partial charge in [-0.3, -0.25) is 0 Å². The van der Waals surface area contributed by atoms with E-state index in [1.165, 1.54) is 14.2 Å². The van der Waals surface area contributed by atoms with Crippen LogP contribution in [-0.2, 0) is 13.3 Å². The summed E-state index contributed by atoms with van der Waals surface area (Å²) in [5, 5.41) is 0. The molecule has 1 unspecified atom stereocenters. The van der Waals surface area contributed by atoms with Gasteiger partial charge in [-0.2, -0.15) is 0 Å². The minimum absolute atomic E-state index is 0.188. The van der Waals surface area contributed by atoms with Crippen molar-refractivity contribution in [1.29, 1.82) is 0 Å². The van der Waals surface area contributed by atoms with E-state index < -0.39 is 33.1 Å². The summed E-state index contributed by atoms with van der Waals surface area (Å²) in [6.45, 7) is 1.57. The molecule has 0 aliphatic heterocycles. The minimum atomic E-state index is -2.30. The second-order valence-electron chi connectivity index (χ2n) is 3.34. The average molecular weight is 266 g/mol. The molecule has 0 amide bonds. The van der Waals surface area contributed by atoms with Crippen LogP contribution in [0.3, 0.4) is 0 Å². The molecule has 0 heterocycles. The quantitative estimate of drug-likeness (QED) is 0.604. The first-order chi connectivity index (χ1) is 7.99. The zero-order chi connectivity index (χ0) is 13.0. The number of rotatable bonds is 5. The summed E-state index contributed by atoms with van der Waals surface area (Å²) in [5.41, 5.74) is 0.188. The zero-order valence-corrected chi connectivity index (χ0v) is 10.8. The van der Waals surface area contributed by atoms with Crippen LogP contribution in [0.1, 0.15) is 18.6 Å². The first-order valence-corrected chi connectivity index (χ1v) is 6.26. The van der Waals surface area contributed by atoms with Gasteiger partial charge >= 0.3 is 9.53 Å². The highest BCUT2D eigenvalue weighted by Crippen LogP contribution is 2.22. The molecule has 0 N–H and O–H groups in total. The fraction of sp³-hybridized carbons (Fsp3) is 0.400. The van der Waals surface area contributed by atoms with Gasteiger partial charge in [-0.15, -0.1) is 0 Å². The smallest absolute Gasteiger partial charge is 0.379 e. The van der Waals surface area contributed by atoms with Crippen molar-refractivity contribution in [1.82, 2.24) is 0 Å². The minimum Gasteiger partial charge on any atom is -0.379 e. The van der Waals surface area contributed by atoms with Crippen LogP contribution >= 0.6 is 0 Å². The predicted molar refractivity (Wildman–Crippen MR) is 57.0 cm³/mol. The van der Waals surface area contributed by atoms with Crippen molar-refractivity contribution in [2.75, 3.05) is 14.2 Å². The largest absolute Gasteiger partial charge is 0.484 e. The van der Waals surface area contributed by atoms with E-state index in [1.807, 2.05) is 0 Å². The normalized spacial score (nSPS) is 13.1. The average Bonchev–Trinajstić information content (AvgIpc) is 2.31. The molecule has 1 aromatic rings. The molecule has 0 saturated carbocycles. The lowest BCUT2D eigenvalue weighted by Crippen LogP contribution is -2.25. The molecular formula is C10H13F3O3Si. The van der Waals surface area contributed by atoms with Crippen molar-refractivity contribution < 1.29 is 26.4 Å². The Labute approximate surface area is 99.1 Å². The highest BCUT2D eigenvalue weighted by atomic mass is 28.3. The molecule has 96 valence electrons. The first-order valence-electron chi connectivity index (χ1n) is 4.85. The van der Waals surface area contributed by atoms with Crippen molar-refractivity contribution in [3.05, 3.63) is 35.1 Å². The van der Waals surface area contributed by atoms with Crippen LogP contribution in [0.5, 0.6) is 0 Å². The van der Waals surface area contributed by atoms with Crippen molar-refractivity contribution in [3.63, 3.8) is 0 Å². The zero-order valence-electron chi connectivity index (χ0n) is 9.67. The number of halogens is 3. The van der Waals surface area contributed by atoms with Gasteiger partial charge in [0.1, 0.15) is 0 Å². The van der Waals surface area contributed by atoms with Gasteiger partial charge in [0.2, 0.25) is 0 Å². The molecule has 0 fully saturated rings. The van der Waals surface area contributed by atoms with E-state index in [0.717, 1.165) is 12.1 Å². The van der Waals surface area contributed by atoms with E-state index in [1.54, 1.807) is 6.92 Å². The molecular weight excluding hydrogens is 253 g/mol. The van der Waals surface area contributed by atoms with Crippen LogP contribution in [0.15, 0.2) is 12.1 Å². The molecule has 0 saturated heterocycles. The van der Waals surface area contributed by atoms with Gasteiger partial charge in [-0.1, -0.05) is 0 Å². The molecule has 1 rings (SSSR count). The molecule has 3 nitrogen and oxygen atoms in total. The van der Waals surface area contributed by atoms with Crippen molar-refractivity contribution in [2.45, 2.75) is 13.0 Å². The summed E-state index contributed by atoms with van der Waals surface area (Å²) in [4.78, 5) is 0. The van der Waals surface area contributed by atoms with Crippen LogP contribution in [0, 0.1) is 17.5 Å². The number of hydrogen-bond donors (Lipinski definition) is 0. The SMILES string of the molecule is CO[SiH](OC)OC(C)c1cc(F)c(F)c(F)c1. The lowest BCUT2D eigenvalue weighted by atomic mass is 10.1. The Hall–Kier alpha value is -0.893. The van der Waals surface area contributed by atoms with E-state index in [4.69, 9.17) is 13.3 Å². The van der Waals surface area contributed by atoms with Gasteiger partial charge in [-0.25, -0.2) is 13.2 Å². The van der Waals surface area contributed by atoms with Gasteiger partial charge in [0.15, 0.2) is 17.5 Å². The third kappa shape index (κ3) is 3.53. The Kier molecular flexibility index (Phi) is 5.13. The number of hydrogen-bond acceptors (Lipinski definition) is 3. The molecule has 0 aliphatic carbocycles. The van der Waals surface area contributed by atoms with E-state index in [0.29, 0.717) is 0 Å². The molecule has 0 spiro atoms. The summed E-state index contributed by atoms with van der Waals surface area (Å²) in [6, 6.07) is 1.78. The lowest BCUT2D eigenvalue weighted by Gasteiger charge is -2.18. The van der Waals surface area contributed by atoms with Crippen molar-refractivity contribution >= 4 is 9.53 Å². The van der Waals surface area contributed by atoms with Crippen LogP contribution in [0.25, 0.3) is 0 Å². The third-order valence-corrected chi connectivity index (χ3v) is 3.58. The van der Waals surface area contributed by atoms with Crippen molar-refractivity contribution in [2.24, 2.45) is 0 Å². The monoisotopic (exact) mass is 266 g/mol. The van der Waals surface area contributed by atoms with Crippen LogP contribution < -0.4 is 0 Å².